The van der Waals surface area contributed by atoms with Gasteiger partial charge in [0, 0.05) is 12.6 Å². The molecule has 0 aliphatic carbocycles. The summed E-state index contributed by atoms with van der Waals surface area (Å²) in [4.78, 5) is 25.6. The molecule has 124 valence electrons. The summed E-state index contributed by atoms with van der Waals surface area (Å²) in [6.07, 6.45) is 1.53. The summed E-state index contributed by atoms with van der Waals surface area (Å²) in [5, 5.41) is 9.03. The first-order valence-electron chi connectivity index (χ1n) is 8.00. The highest BCUT2D eigenvalue weighted by Crippen LogP contribution is 2.29. The first-order chi connectivity index (χ1) is 11.6. The number of para-hydroxylation sites is 2. The van der Waals surface area contributed by atoms with Crippen LogP contribution in [-0.2, 0) is 4.79 Å². The van der Waals surface area contributed by atoms with E-state index in [1.165, 1.54) is 0 Å². The van der Waals surface area contributed by atoms with E-state index in [0.29, 0.717) is 23.6 Å². The van der Waals surface area contributed by atoms with Crippen LogP contribution in [0.1, 0.15) is 29.6 Å². The molecule has 1 unspecified atom stereocenters. The molecule has 24 heavy (non-hydrogen) atoms. The van der Waals surface area contributed by atoms with Crippen LogP contribution in [-0.4, -0.2) is 34.5 Å². The van der Waals surface area contributed by atoms with Gasteiger partial charge in [-0.2, -0.15) is 0 Å². The first-order valence-corrected chi connectivity index (χ1v) is 8.00. The largest absolute Gasteiger partial charge is 0.481 e. The monoisotopic (exact) mass is 325 g/mol. The van der Waals surface area contributed by atoms with Crippen LogP contribution in [0.15, 0.2) is 54.6 Å². The number of amides is 1. The Morgan fingerprint density at radius 2 is 1.79 bits per heavy atom. The van der Waals surface area contributed by atoms with Crippen LogP contribution < -0.4 is 4.74 Å². The SMILES string of the molecule is O=C(O)CC1CCCN1C(=O)c1ccccc1Oc1ccccc1. The molecule has 1 fully saturated rings. The van der Waals surface area contributed by atoms with Crippen molar-refractivity contribution in [2.24, 2.45) is 0 Å². The van der Waals surface area contributed by atoms with Crippen LogP contribution in [0, 0.1) is 0 Å². The maximum atomic E-state index is 12.9. The van der Waals surface area contributed by atoms with E-state index in [-0.39, 0.29) is 18.4 Å². The Morgan fingerprint density at radius 1 is 1.08 bits per heavy atom. The average molecular weight is 325 g/mol. The van der Waals surface area contributed by atoms with Gasteiger partial charge in [0.25, 0.3) is 5.91 Å². The fourth-order valence-corrected chi connectivity index (χ4v) is 3.02. The number of hydrogen-bond acceptors (Lipinski definition) is 3. The summed E-state index contributed by atoms with van der Waals surface area (Å²) in [5.41, 5.74) is 0.457. The number of ether oxygens (including phenoxy) is 1. The van der Waals surface area contributed by atoms with Gasteiger partial charge in [-0.1, -0.05) is 30.3 Å². The molecule has 1 aliphatic heterocycles. The third-order valence-corrected chi connectivity index (χ3v) is 4.14. The van der Waals surface area contributed by atoms with Crippen molar-refractivity contribution in [3.8, 4) is 11.5 Å². The van der Waals surface area contributed by atoms with Crippen molar-refractivity contribution < 1.29 is 19.4 Å². The molecule has 5 nitrogen and oxygen atoms in total. The van der Waals surface area contributed by atoms with Crippen molar-refractivity contribution in [1.82, 2.24) is 4.90 Å². The number of rotatable bonds is 5. The van der Waals surface area contributed by atoms with E-state index in [0.717, 1.165) is 12.8 Å². The second kappa shape index (κ2) is 7.17. The van der Waals surface area contributed by atoms with Crippen molar-refractivity contribution in [1.29, 1.82) is 0 Å². The topological polar surface area (TPSA) is 66.8 Å². The molecule has 0 aromatic heterocycles. The number of carbonyl (C=O) groups is 2. The van der Waals surface area contributed by atoms with Crippen LogP contribution in [0.25, 0.3) is 0 Å². The van der Waals surface area contributed by atoms with Crippen molar-refractivity contribution in [2.75, 3.05) is 6.54 Å². The molecular weight excluding hydrogens is 306 g/mol. The van der Waals surface area contributed by atoms with Gasteiger partial charge in [0.15, 0.2) is 0 Å². The number of carboxylic acid groups (broad SMARTS) is 1. The third-order valence-electron chi connectivity index (χ3n) is 4.14. The summed E-state index contributed by atoms with van der Waals surface area (Å²) in [6.45, 7) is 0.580. The van der Waals surface area contributed by atoms with Crippen LogP contribution in [0.4, 0.5) is 0 Å². The standard InChI is InChI=1S/C19H19NO4/c21-18(22)13-14-7-6-12-20(14)19(23)16-10-4-5-11-17(16)24-15-8-2-1-3-9-15/h1-5,8-11,14H,6-7,12-13H2,(H,21,22). The molecule has 1 atom stereocenters. The number of carbonyl (C=O) groups excluding carboxylic acids is 1. The number of aliphatic carboxylic acids is 1. The zero-order chi connectivity index (χ0) is 16.9. The molecule has 1 N–H and O–H groups in total. The summed E-state index contributed by atoms with van der Waals surface area (Å²) >= 11 is 0. The van der Waals surface area contributed by atoms with E-state index in [9.17, 15) is 9.59 Å². The second-order valence-corrected chi connectivity index (χ2v) is 5.80. The number of benzene rings is 2. The molecular formula is C19H19NO4. The smallest absolute Gasteiger partial charge is 0.305 e. The lowest BCUT2D eigenvalue weighted by Crippen LogP contribution is -2.37. The number of nitrogens with zero attached hydrogens (tertiary/aromatic N) is 1. The lowest BCUT2D eigenvalue weighted by Gasteiger charge is -2.24. The zero-order valence-corrected chi connectivity index (χ0v) is 13.2. The maximum Gasteiger partial charge on any atom is 0.305 e. The minimum atomic E-state index is -0.881. The van der Waals surface area contributed by atoms with E-state index in [4.69, 9.17) is 9.84 Å². The Labute approximate surface area is 140 Å². The van der Waals surface area contributed by atoms with Crippen molar-refractivity contribution in [3.05, 3.63) is 60.2 Å². The van der Waals surface area contributed by atoms with Gasteiger partial charge < -0.3 is 14.7 Å². The summed E-state index contributed by atoms with van der Waals surface area (Å²) in [5.74, 6) is 0.0785. The number of likely N-dealkylation sites (tertiary alicyclic amines) is 1. The van der Waals surface area contributed by atoms with Crippen molar-refractivity contribution in [3.63, 3.8) is 0 Å². The van der Waals surface area contributed by atoms with Crippen LogP contribution in [0.5, 0.6) is 11.5 Å². The third kappa shape index (κ3) is 3.56. The normalized spacial score (nSPS) is 16.8. The fourth-order valence-electron chi connectivity index (χ4n) is 3.02. The van der Waals surface area contributed by atoms with Gasteiger partial charge in [0.2, 0.25) is 0 Å². The Hall–Kier alpha value is -2.82. The summed E-state index contributed by atoms with van der Waals surface area (Å²) < 4.78 is 5.84. The lowest BCUT2D eigenvalue weighted by molar-refractivity contribution is -0.137. The van der Waals surface area contributed by atoms with Crippen LogP contribution in [0.2, 0.25) is 0 Å². The Morgan fingerprint density at radius 3 is 2.54 bits per heavy atom. The molecule has 2 aromatic rings. The predicted octanol–water partition coefficient (Wildman–Crippen LogP) is 3.56. The molecule has 3 rings (SSSR count). The van der Waals surface area contributed by atoms with Crippen molar-refractivity contribution >= 4 is 11.9 Å². The highest BCUT2D eigenvalue weighted by Gasteiger charge is 2.32. The van der Waals surface area contributed by atoms with Gasteiger partial charge in [0.05, 0.1) is 12.0 Å². The van der Waals surface area contributed by atoms with Gasteiger partial charge in [0.1, 0.15) is 11.5 Å². The Kier molecular flexibility index (Phi) is 4.79. The summed E-state index contributed by atoms with van der Waals surface area (Å²) in [7, 11) is 0. The number of carboxylic acids is 1. The van der Waals surface area contributed by atoms with Gasteiger partial charge >= 0.3 is 5.97 Å². The molecule has 0 spiro atoms. The molecule has 1 saturated heterocycles. The molecule has 0 saturated carbocycles. The van der Waals surface area contributed by atoms with Gasteiger partial charge in [-0.15, -0.1) is 0 Å². The average Bonchev–Trinajstić information content (AvgIpc) is 3.03. The summed E-state index contributed by atoms with van der Waals surface area (Å²) in [6, 6.07) is 16.1. The van der Waals surface area contributed by atoms with E-state index < -0.39 is 5.97 Å². The van der Waals surface area contributed by atoms with Gasteiger partial charge in [-0.3, -0.25) is 9.59 Å². The molecule has 1 aliphatic rings. The quantitative estimate of drug-likeness (QED) is 0.913. The highest BCUT2D eigenvalue weighted by molar-refractivity contribution is 5.97. The van der Waals surface area contributed by atoms with Gasteiger partial charge in [-0.25, -0.2) is 0 Å². The second-order valence-electron chi connectivity index (χ2n) is 5.80. The molecule has 0 radical (unpaired) electrons. The zero-order valence-electron chi connectivity index (χ0n) is 13.2. The van der Waals surface area contributed by atoms with E-state index in [1.54, 1.807) is 23.1 Å². The highest BCUT2D eigenvalue weighted by atomic mass is 16.5. The molecule has 2 aromatic carbocycles. The van der Waals surface area contributed by atoms with Crippen LogP contribution in [0.3, 0.4) is 0 Å². The molecule has 0 bridgehead atoms. The first kappa shape index (κ1) is 16.1. The lowest BCUT2D eigenvalue weighted by atomic mass is 10.1. The minimum Gasteiger partial charge on any atom is -0.481 e. The number of hydrogen-bond donors (Lipinski definition) is 1. The van der Waals surface area contributed by atoms with Crippen LogP contribution >= 0.6 is 0 Å². The maximum absolute atomic E-state index is 12.9. The van der Waals surface area contributed by atoms with E-state index in [1.807, 2.05) is 36.4 Å². The van der Waals surface area contributed by atoms with Gasteiger partial charge in [-0.05, 0) is 37.1 Å². The molecule has 1 amide bonds. The Balaban J connectivity index is 1.83. The minimum absolute atomic E-state index is 0.0204. The Bertz CT molecular complexity index is 729. The van der Waals surface area contributed by atoms with E-state index in [2.05, 4.69) is 0 Å². The molecule has 5 heteroatoms. The van der Waals surface area contributed by atoms with Crippen molar-refractivity contribution in [2.45, 2.75) is 25.3 Å². The molecule has 1 heterocycles. The van der Waals surface area contributed by atoms with E-state index >= 15 is 0 Å². The predicted molar refractivity (Wildman–Crippen MR) is 89.3 cm³/mol. The fraction of sp³-hybridized carbons (Fsp3) is 0.263.